The van der Waals surface area contributed by atoms with E-state index in [0.29, 0.717) is 25.3 Å². The van der Waals surface area contributed by atoms with Crippen molar-refractivity contribution >= 4 is 17.5 Å². The first-order valence-electron chi connectivity index (χ1n) is 6.37. The Morgan fingerprint density at radius 3 is 2.63 bits per heavy atom. The van der Waals surface area contributed by atoms with E-state index in [2.05, 4.69) is 0 Å². The van der Waals surface area contributed by atoms with Gasteiger partial charge in [-0.05, 0) is 30.0 Å². The molecular formula is C14H17ClFNO2. The van der Waals surface area contributed by atoms with Crippen LogP contribution in [0.1, 0.15) is 24.4 Å². The number of likely N-dealkylation sites (tertiary alicyclic amines) is 1. The number of halogens is 2. The molecule has 1 fully saturated rings. The third kappa shape index (κ3) is 3.25. The van der Waals surface area contributed by atoms with Gasteiger partial charge in [-0.2, -0.15) is 0 Å². The van der Waals surface area contributed by atoms with E-state index >= 15 is 0 Å². The fourth-order valence-corrected chi connectivity index (χ4v) is 2.73. The second-order valence-electron chi connectivity index (χ2n) is 4.85. The van der Waals surface area contributed by atoms with Crippen LogP contribution in [0.4, 0.5) is 4.39 Å². The van der Waals surface area contributed by atoms with Crippen molar-refractivity contribution in [1.82, 2.24) is 4.90 Å². The second-order valence-corrected chi connectivity index (χ2v) is 5.16. The van der Waals surface area contributed by atoms with Crippen molar-refractivity contribution in [2.24, 2.45) is 5.92 Å². The average Bonchev–Trinajstić information content (AvgIpc) is 2.78. The van der Waals surface area contributed by atoms with Crippen LogP contribution in [0.25, 0.3) is 0 Å². The molecule has 19 heavy (non-hydrogen) atoms. The van der Waals surface area contributed by atoms with Crippen LogP contribution in [-0.4, -0.2) is 34.9 Å². The number of benzene rings is 1. The van der Waals surface area contributed by atoms with Gasteiger partial charge in [0.1, 0.15) is 5.82 Å². The summed E-state index contributed by atoms with van der Waals surface area (Å²) in [4.78, 5) is 13.8. The van der Waals surface area contributed by atoms with Gasteiger partial charge in [0.2, 0.25) is 5.91 Å². The third-order valence-corrected chi connectivity index (χ3v) is 3.93. The van der Waals surface area contributed by atoms with Gasteiger partial charge in [-0.1, -0.05) is 12.1 Å². The summed E-state index contributed by atoms with van der Waals surface area (Å²) >= 11 is 5.81. The number of aliphatic hydroxyl groups excluding tert-OH is 1. The predicted molar refractivity (Wildman–Crippen MR) is 71.4 cm³/mol. The van der Waals surface area contributed by atoms with Crippen LogP contribution >= 0.6 is 11.6 Å². The molecule has 1 saturated heterocycles. The molecule has 0 spiro atoms. The highest BCUT2D eigenvalue weighted by Gasteiger charge is 2.34. The molecule has 1 heterocycles. The van der Waals surface area contributed by atoms with E-state index in [0.717, 1.165) is 5.56 Å². The van der Waals surface area contributed by atoms with Crippen LogP contribution in [0.2, 0.25) is 0 Å². The summed E-state index contributed by atoms with van der Waals surface area (Å²) in [5, 5.41) is 9.18. The summed E-state index contributed by atoms with van der Waals surface area (Å²) in [6.07, 6.45) is 0.902. The van der Waals surface area contributed by atoms with Gasteiger partial charge >= 0.3 is 0 Å². The Bertz CT molecular complexity index is 438. The normalized spacial score (nSPS) is 20.9. The fourth-order valence-electron chi connectivity index (χ4n) is 2.52. The molecule has 2 atom stereocenters. The van der Waals surface area contributed by atoms with Gasteiger partial charge < -0.3 is 10.0 Å². The molecule has 1 aliphatic rings. The maximum atomic E-state index is 13.0. The highest BCUT2D eigenvalue weighted by atomic mass is 35.5. The minimum atomic E-state index is -0.308. The lowest BCUT2D eigenvalue weighted by Gasteiger charge is -2.28. The summed E-state index contributed by atoms with van der Waals surface area (Å²) in [6, 6.07) is 5.87. The minimum Gasteiger partial charge on any atom is -0.396 e. The first kappa shape index (κ1) is 14.3. The van der Waals surface area contributed by atoms with Crippen molar-refractivity contribution in [2.45, 2.75) is 18.9 Å². The largest absolute Gasteiger partial charge is 0.396 e. The quantitative estimate of drug-likeness (QED) is 0.844. The predicted octanol–water partition coefficient (Wildman–Crippen LogP) is 2.34. The second kappa shape index (κ2) is 6.35. The molecule has 104 valence electrons. The van der Waals surface area contributed by atoms with Gasteiger partial charge in [0.25, 0.3) is 0 Å². The van der Waals surface area contributed by atoms with Crippen LogP contribution in [0.15, 0.2) is 24.3 Å². The van der Waals surface area contributed by atoms with Crippen molar-refractivity contribution in [3.63, 3.8) is 0 Å². The molecule has 0 aromatic heterocycles. The van der Waals surface area contributed by atoms with Crippen LogP contribution in [0.3, 0.4) is 0 Å². The van der Waals surface area contributed by atoms with E-state index in [1.807, 2.05) is 0 Å². The molecule has 0 radical (unpaired) electrons. The van der Waals surface area contributed by atoms with Crippen molar-refractivity contribution < 1.29 is 14.3 Å². The average molecular weight is 286 g/mol. The van der Waals surface area contributed by atoms with Crippen LogP contribution < -0.4 is 0 Å². The fraction of sp³-hybridized carbons (Fsp3) is 0.500. The molecule has 0 aliphatic carbocycles. The number of carbonyl (C=O) groups excluding carboxylic acids is 1. The van der Waals surface area contributed by atoms with Gasteiger partial charge in [0.15, 0.2) is 0 Å². The first-order valence-corrected chi connectivity index (χ1v) is 6.91. The molecule has 3 nitrogen and oxygen atoms in total. The molecular weight excluding hydrogens is 269 g/mol. The van der Waals surface area contributed by atoms with E-state index in [9.17, 15) is 14.3 Å². The van der Waals surface area contributed by atoms with Crippen LogP contribution in [-0.2, 0) is 4.79 Å². The number of hydrogen-bond acceptors (Lipinski definition) is 2. The van der Waals surface area contributed by atoms with Gasteiger partial charge in [0.05, 0.1) is 6.04 Å². The maximum Gasteiger partial charge on any atom is 0.223 e. The van der Waals surface area contributed by atoms with E-state index < -0.39 is 0 Å². The number of amides is 1. The van der Waals surface area contributed by atoms with E-state index in [4.69, 9.17) is 11.6 Å². The van der Waals surface area contributed by atoms with E-state index in [1.54, 1.807) is 17.0 Å². The Kier molecular flexibility index (Phi) is 4.77. The smallest absolute Gasteiger partial charge is 0.223 e. The molecule has 2 rings (SSSR count). The highest BCUT2D eigenvalue weighted by Crippen LogP contribution is 2.31. The first-order chi connectivity index (χ1) is 9.15. The summed E-state index contributed by atoms with van der Waals surface area (Å²) in [5.41, 5.74) is 0.846. The summed E-state index contributed by atoms with van der Waals surface area (Å²) in [5.74, 6) is 0.361. The molecule has 1 amide bonds. The molecule has 0 bridgehead atoms. The number of hydrogen-bond donors (Lipinski definition) is 1. The Balaban J connectivity index is 2.20. The standard InChI is InChI=1S/C14H17ClFNO2/c15-8-10-7-14(19)17(9-10)13(5-6-18)11-1-3-12(16)4-2-11/h1-4,10,13,18H,5-9H2. The molecule has 5 heteroatoms. The molecule has 0 saturated carbocycles. The lowest BCUT2D eigenvalue weighted by atomic mass is 10.0. The van der Waals surface area contributed by atoms with E-state index in [1.165, 1.54) is 12.1 Å². The number of rotatable bonds is 5. The molecule has 1 aromatic carbocycles. The van der Waals surface area contributed by atoms with Crippen LogP contribution in [0.5, 0.6) is 0 Å². The zero-order chi connectivity index (χ0) is 13.8. The molecule has 1 aromatic rings. The van der Waals surface area contributed by atoms with Gasteiger partial charge in [-0.15, -0.1) is 11.6 Å². The number of carbonyl (C=O) groups is 1. The zero-order valence-corrected chi connectivity index (χ0v) is 11.3. The van der Waals surface area contributed by atoms with Gasteiger partial charge in [0, 0.05) is 25.5 Å². The highest BCUT2D eigenvalue weighted by molar-refractivity contribution is 6.18. The minimum absolute atomic E-state index is 0.0165. The lowest BCUT2D eigenvalue weighted by Crippen LogP contribution is -2.31. The SMILES string of the molecule is O=C1CC(CCl)CN1C(CCO)c1ccc(F)cc1. The molecule has 1 N–H and O–H groups in total. The maximum absolute atomic E-state index is 13.0. The Morgan fingerprint density at radius 1 is 1.42 bits per heavy atom. The number of aliphatic hydroxyl groups is 1. The van der Waals surface area contributed by atoms with Crippen LogP contribution in [0, 0.1) is 11.7 Å². The topological polar surface area (TPSA) is 40.5 Å². The van der Waals surface area contributed by atoms with Gasteiger partial charge in [-0.25, -0.2) is 4.39 Å². The van der Waals surface area contributed by atoms with Crippen molar-refractivity contribution in [2.75, 3.05) is 19.0 Å². The monoisotopic (exact) mass is 285 g/mol. The number of nitrogens with zero attached hydrogens (tertiary/aromatic N) is 1. The third-order valence-electron chi connectivity index (χ3n) is 3.49. The Labute approximate surface area is 117 Å². The Hall–Kier alpha value is -1.13. The summed E-state index contributed by atoms with van der Waals surface area (Å²) in [7, 11) is 0. The van der Waals surface area contributed by atoms with Crippen molar-refractivity contribution in [1.29, 1.82) is 0 Å². The summed E-state index contributed by atoms with van der Waals surface area (Å²) < 4.78 is 13.0. The molecule has 1 aliphatic heterocycles. The summed E-state index contributed by atoms with van der Waals surface area (Å²) in [6.45, 7) is 0.585. The lowest BCUT2D eigenvalue weighted by molar-refractivity contribution is -0.130. The van der Waals surface area contributed by atoms with E-state index in [-0.39, 0.29) is 30.3 Å². The zero-order valence-electron chi connectivity index (χ0n) is 10.6. The number of alkyl halides is 1. The molecule has 2 unspecified atom stereocenters. The Morgan fingerprint density at radius 2 is 2.11 bits per heavy atom. The van der Waals surface area contributed by atoms with Crippen molar-refractivity contribution in [3.05, 3.63) is 35.6 Å². The van der Waals surface area contributed by atoms with Gasteiger partial charge in [-0.3, -0.25) is 4.79 Å². The van der Waals surface area contributed by atoms with Crippen molar-refractivity contribution in [3.8, 4) is 0 Å².